The lowest BCUT2D eigenvalue weighted by Crippen LogP contribution is -2.26. The summed E-state index contributed by atoms with van der Waals surface area (Å²) in [6.07, 6.45) is 5.70. The average Bonchev–Trinajstić information content (AvgIpc) is 2.78. The molecule has 1 heterocycles. The van der Waals surface area contributed by atoms with E-state index < -0.39 is 0 Å². The third kappa shape index (κ3) is 3.51. The Morgan fingerprint density at radius 1 is 1.39 bits per heavy atom. The molecule has 0 bridgehead atoms. The van der Waals surface area contributed by atoms with E-state index >= 15 is 0 Å². The van der Waals surface area contributed by atoms with Gasteiger partial charge in [0.2, 0.25) is 5.95 Å². The zero-order chi connectivity index (χ0) is 12.8. The fraction of sp³-hybridized carbons (Fsp3) is 0.692. The summed E-state index contributed by atoms with van der Waals surface area (Å²) in [6.45, 7) is 5.13. The molecular weight excluding hydrogens is 244 g/mol. The van der Waals surface area contributed by atoms with Crippen LogP contribution >= 0.6 is 11.8 Å². The van der Waals surface area contributed by atoms with Crippen molar-refractivity contribution >= 4 is 23.5 Å². The summed E-state index contributed by atoms with van der Waals surface area (Å²) < 4.78 is 0. The predicted molar refractivity (Wildman–Crippen MR) is 79.4 cm³/mol. The van der Waals surface area contributed by atoms with Gasteiger partial charge in [0.05, 0.1) is 0 Å². The maximum Gasteiger partial charge on any atom is 0.224 e. The molecule has 1 aliphatic rings. The summed E-state index contributed by atoms with van der Waals surface area (Å²) >= 11 is 2.06. The summed E-state index contributed by atoms with van der Waals surface area (Å²) in [7, 11) is 0. The predicted octanol–water partition coefficient (Wildman–Crippen LogP) is 2.99. The van der Waals surface area contributed by atoms with Crippen molar-refractivity contribution in [2.75, 3.05) is 22.9 Å². The highest BCUT2D eigenvalue weighted by Crippen LogP contribution is 2.31. The van der Waals surface area contributed by atoms with Gasteiger partial charge in [0.1, 0.15) is 5.82 Å². The molecule has 1 fully saturated rings. The van der Waals surface area contributed by atoms with Gasteiger partial charge >= 0.3 is 0 Å². The molecule has 1 aromatic heterocycles. The number of nitrogens with one attached hydrogen (secondary N) is 2. The second kappa shape index (κ2) is 6.83. The maximum absolute atomic E-state index is 4.48. The van der Waals surface area contributed by atoms with Crippen LogP contribution in [0.25, 0.3) is 0 Å². The van der Waals surface area contributed by atoms with Crippen LogP contribution in [0.5, 0.6) is 0 Å². The van der Waals surface area contributed by atoms with E-state index in [4.69, 9.17) is 0 Å². The Bertz CT molecular complexity index is 372. The van der Waals surface area contributed by atoms with Crippen molar-refractivity contribution in [2.45, 2.75) is 44.4 Å². The molecule has 0 radical (unpaired) electrons. The van der Waals surface area contributed by atoms with E-state index in [1.807, 2.05) is 19.2 Å². The van der Waals surface area contributed by atoms with Gasteiger partial charge in [-0.2, -0.15) is 16.7 Å². The molecule has 0 amide bonds. The first-order valence-electron chi connectivity index (χ1n) is 6.78. The molecule has 0 aliphatic heterocycles. The Morgan fingerprint density at radius 3 is 3.06 bits per heavy atom. The van der Waals surface area contributed by atoms with E-state index in [-0.39, 0.29) is 0 Å². The van der Waals surface area contributed by atoms with Crippen LogP contribution in [-0.2, 0) is 0 Å². The number of anilines is 2. The lowest BCUT2D eigenvalue weighted by atomic mass is 10.2. The molecule has 5 heteroatoms. The van der Waals surface area contributed by atoms with Gasteiger partial charge in [-0.3, -0.25) is 0 Å². The van der Waals surface area contributed by atoms with Gasteiger partial charge in [-0.05, 0) is 31.6 Å². The van der Waals surface area contributed by atoms with Gasteiger partial charge in [0.25, 0.3) is 0 Å². The lowest BCUT2D eigenvalue weighted by Gasteiger charge is -2.20. The number of hydrogen-bond acceptors (Lipinski definition) is 5. The normalized spacial score (nSPS) is 23.0. The molecular formula is C13H22N4S. The zero-order valence-corrected chi connectivity index (χ0v) is 12.0. The molecule has 100 valence electrons. The molecule has 2 N–H and O–H groups in total. The smallest absolute Gasteiger partial charge is 0.224 e. The molecule has 0 aromatic carbocycles. The van der Waals surface area contributed by atoms with Crippen LogP contribution in [0.1, 0.15) is 33.1 Å². The van der Waals surface area contributed by atoms with Crippen LogP contribution in [-0.4, -0.2) is 33.6 Å². The quantitative estimate of drug-likeness (QED) is 0.829. The Hall–Kier alpha value is -0.970. The summed E-state index contributed by atoms with van der Waals surface area (Å²) in [4.78, 5) is 8.67. The second-order valence-electron chi connectivity index (χ2n) is 4.47. The molecule has 1 aliphatic carbocycles. The fourth-order valence-electron chi connectivity index (χ4n) is 2.38. The molecule has 18 heavy (non-hydrogen) atoms. The number of hydrogen-bond donors (Lipinski definition) is 2. The lowest BCUT2D eigenvalue weighted by molar-refractivity contribution is 0.762. The first-order chi connectivity index (χ1) is 8.83. The zero-order valence-electron chi connectivity index (χ0n) is 11.1. The fourth-order valence-corrected chi connectivity index (χ4v) is 3.57. The molecule has 4 nitrogen and oxygen atoms in total. The van der Waals surface area contributed by atoms with Crippen LogP contribution in [0.15, 0.2) is 12.3 Å². The van der Waals surface area contributed by atoms with Crippen molar-refractivity contribution in [3.05, 3.63) is 12.3 Å². The van der Waals surface area contributed by atoms with Crippen molar-refractivity contribution in [1.29, 1.82) is 0 Å². The molecule has 1 saturated carbocycles. The van der Waals surface area contributed by atoms with Gasteiger partial charge in [0, 0.05) is 24.0 Å². The van der Waals surface area contributed by atoms with Crippen LogP contribution in [0.2, 0.25) is 0 Å². The maximum atomic E-state index is 4.48. The Kier molecular flexibility index (Phi) is 5.11. The largest absolute Gasteiger partial charge is 0.366 e. The first kappa shape index (κ1) is 13.5. The van der Waals surface area contributed by atoms with Gasteiger partial charge in [0.15, 0.2) is 0 Å². The standard InChI is InChI=1S/C13H22N4S/c1-3-14-13-15-9-8-12(17-13)16-10-6-5-7-11(10)18-4-2/h8-11H,3-7H2,1-2H3,(H2,14,15,16,17). The van der Waals surface area contributed by atoms with Gasteiger partial charge in [-0.25, -0.2) is 4.98 Å². The van der Waals surface area contributed by atoms with Crippen LogP contribution < -0.4 is 10.6 Å². The highest BCUT2D eigenvalue weighted by molar-refractivity contribution is 7.99. The minimum Gasteiger partial charge on any atom is -0.366 e. The van der Waals surface area contributed by atoms with Crippen LogP contribution in [0.4, 0.5) is 11.8 Å². The van der Waals surface area contributed by atoms with Crippen LogP contribution in [0.3, 0.4) is 0 Å². The summed E-state index contributed by atoms with van der Waals surface area (Å²) in [5.74, 6) is 2.84. The van der Waals surface area contributed by atoms with Crippen molar-refractivity contribution in [3.63, 3.8) is 0 Å². The molecule has 2 atom stereocenters. The Balaban J connectivity index is 1.97. The van der Waals surface area contributed by atoms with Gasteiger partial charge < -0.3 is 10.6 Å². The summed E-state index contributed by atoms with van der Waals surface area (Å²) in [5, 5.41) is 7.43. The van der Waals surface area contributed by atoms with E-state index in [1.54, 1.807) is 0 Å². The van der Waals surface area contributed by atoms with E-state index in [1.165, 1.54) is 25.0 Å². The molecule has 2 unspecified atom stereocenters. The molecule has 0 saturated heterocycles. The Morgan fingerprint density at radius 2 is 2.28 bits per heavy atom. The monoisotopic (exact) mass is 266 g/mol. The number of nitrogens with zero attached hydrogens (tertiary/aromatic N) is 2. The average molecular weight is 266 g/mol. The van der Waals surface area contributed by atoms with Gasteiger partial charge in [-0.1, -0.05) is 13.3 Å². The summed E-state index contributed by atoms with van der Waals surface area (Å²) in [5.41, 5.74) is 0. The van der Waals surface area contributed by atoms with Crippen LogP contribution in [0, 0.1) is 0 Å². The van der Waals surface area contributed by atoms with Crippen molar-refractivity contribution in [1.82, 2.24) is 9.97 Å². The summed E-state index contributed by atoms with van der Waals surface area (Å²) in [6, 6.07) is 2.51. The first-order valence-corrected chi connectivity index (χ1v) is 7.83. The van der Waals surface area contributed by atoms with Crippen molar-refractivity contribution < 1.29 is 0 Å². The minimum atomic E-state index is 0.555. The van der Waals surface area contributed by atoms with Crippen molar-refractivity contribution in [3.8, 4) is 0 Å². The topological polar surface area (TPSA) is 49.8 Å². The third-order valence-corrected chi connectivity index (χ3v) is 4.48. The van der Waals surface area contributed by atoms with E-state index in [0.717, 1.165) is 17.6 Å². The number of rotatable bonds is 6. The molecule has 2 rings (SSSR count). The third-order valence-electron chi connectivity index (χ3n) is 3.16. The van der Waals surface area contributed by atoms with E-state index in [0.29, 0.717) is 12.0 Å². The van der Waals surface area contributed by atoms with Crippen molar-refractivity contribution in [2.24, 2.45) is 0 Å². The number of aromatic nitrogens is 2. The molecule has 0 spiro atoms. The highest BCUT2D eigenvalue weighted by Gasteiger charge is 2.27. The SMILES string of the molecule is CCNc1nccc(NC2CCCC2SCC)n1. The number of thioether (sulfide) groups is 1. The van der Waals surface area contributed by atoms with E-state index in [2.05, 4.69) is 39.3 Å². The minimum absolute atomic E-state index is 0.555. The molecule has 1 aromatic rings. The second-order valence-corrected chi connectivity index (χ2v) is 5.99. The van der Waals surface area contributed by atoms with E-state index in [9.17, 15) is 0 Å². The van der Waals surface area contributed by atoms with Gasteiger partial charge in [-0.15, -0.1) is 0 Å². The highest BCUT2D eigenvalue weighted by atomic mass is 32.2. The Labute approximate surface area is 113 Å².